The summed E-state index contributed by atoms with van der Waals surface area (Å²) >= 11 is 0. The Morgan fingerprint density at radius 2 is 1.83 bits per heavy atom. The van der Waals surface area contributed by atoms with Gasteiger partial charge >= 0.3 is 0 Å². The van der Waals surface area contributed by atoms with Crippen molar-refractivity contribution in [3.8, 4) is 0 Å². The molecule has 0 amide bonds. The minimum Gasteiger partial charge on any atom is -0.370 e. The second-order valence-electron chi connectivity index (χ2n) is 5.59. The van der Waals surface area contributed by atoms with Crippen LogP contribution in [0.2, 0.25) is 0 Å². The molecule has 4 N–H and O–H groups in total. The number of aliphatic imine (C=N–C) groups is 1. The van der Waals surface area contributed by atoms with Crippen molar-refractivity contribution < 1.29 is 8.42 Å². The molecule has 23 heavy (non-hydrogen) atoms. The summed E-state index contributed by atoms with van der Waals surface area (Å²) in [5, 5.41) is 2.89. The molecule has 8 heteroatoms. The molecule has 6 nitrogen and oxygen atoms in total. The molecule has 0 aliphatic rings. The molecule has 0 saturated heterocycles. The summed E-state index contributed by atoms with van der Waals surface area (Å²) in [6.07, 6.45) is 0.975. The molecule has 0 unspecified atom stereocenters. The molecule has 0 aromatic heterocycles. The minimum absolute atomic E-state index is 0. The van der Waals surface area contributed by atoms with Crippen molar-refractivity contribution in [2.45, 2.75) is 32.1 Å². The van der Waals surface area contributed by atoms with Crippen molar-refractivity contribution in [2.24, 2.45) is 16.6 Å². The normalized spacial score (nSPS) is 12.1. The Morgan fingerprint density at radius 3 is 2.39 bits per heavy atom. The molecule has 0 radical (unpaired) electrons. The van der Waals surface area contributed by atoms with Gasteiger partial charge in [0, 0.05) is 19.6 Å². The van der Waals surface area contributed by atoms with Gasteiger partial charge in [-0.2, -0.15) is 0 Å². The second-order valence-corrected chi connectivity index (χ2v) is 7.35. The van der Waals surface area contributed by atoms with Crippen molar-refractivity contribution in [2.75, 3.05) is 19.6 Å². The van der Waals surface area contributed by atoms with Crippen LogP contribution in [0, 0.1) is 12.8 Å². The summed E-state index contributed by atoms with van der Waals surface area (Å²) < 4.78 is 26.6. The molecule has 0 aliphatic heterocycles. The molecule has 0 saturated carbocycles. The van der Waals surface area contributed by atoms with E-state index in [0.717, 1.165) is 12.0 Å². The number of nitrogens with zero attached hydrogens (tertiary/aromatic N) is 1. The first-order chi connectivity index (χ1) is 10.3. The Bertz CT molecular complexity index is 586. The number of benzene rings is 1. The van der Waals surface area contributed by atoms with Crippen LogP contribution in [0.4, 0.5) is 0 Å². The van der Waals surface area contributed by atoms with Crippen molar-refractivity contribution in [3.05, 3.63) is 29.8 Å². The number of sulfonamides is 1. The van der Waals surface area contributed by atoms with Gasteiger partial charge in [-0.1, -0.05) is 31.5 Å². The van der Waals surface area contributed by atoms with Crippen LogP contribution in [0.15, 0.2) is 34.2 Å². The van der Waals surface area contributed by atoms with Gasteiger partial charge in [0.2, 0.25) is 10.0 Å². The van der Waals surface area contributed by atoms with E-state index in [1.807, 2.05) is 6.92 Å². The Labute approximate surface area is 156 Å². The maximum Gasteiger partial charge on any atom is 0.240 e. The van der Waals surface area contributed by atoms with E-state index in [-0.39, 0.29) is 35.4 Å². The summed E-state index contributed by atoms with van der Waals surface area (Å²) in [5.41, 5.74) is 6.72. The summed E-state index contributed by atoms with van der Waals surface area (Å²) in [7, 11) is -3.47. The van der Waals surface area contributed by atoms with Gasteiger partial charge in [0.25, 0.3) is 0 Å². The topological polar surface area (TPSA) is 96.6 Å². The maximum absolute atomic E-state index is 12.0. The van der Waals surface area contributed by atoms with E-state index in [2.05, 4.69) is 28.9 Å². The number of rotatable bonds is 8. The molecule has 1 aromatic carbocycles. The molecule has 1 rings (SSSR count). The van der Waals surface area contributed by atoms with Crippen LogP contribution in [0.1, 0.15) is 25.8 Å². The van der Waals surface area contributed by atoms with Gasteiger partial charge in [-0.25, -0.2) is 13.1 Å². The van der Waals surface area contributed by atoms with Gasteiger partial charge in [-0.3, -0.25) is 4.99 Å². The Kier molecular flexibility index (Phi) is 10.4. The number of halogens is 1. The molecule has 0 heterocycles. The van der Waals surface area contributed by atoms with E-state index in [1.54, 1.807) is 24.3 Å². The van der Waals surface area contributed by atoms with Gasteiger partial charge in [0.1, 0.15) is 0 Å². The van der Waals surface area contributed by atoms with Crippen LogP contribution in [-0.4, -0.2) is 34.0 Å². The van der Waals surface area contributed by atoms with Crippen molar-refractivity contribution >= 4 is 40.0 Å². The molecular formula is C15H27IN4O2S. The summed E-state index contributed by atoms with van der Waals surface area (Å²) in [5.74, 6) is 0.924. The third kappa shape index (κ3) is 9.11. The highest BCUT2D eigenvalue weighted by molar-refractivity contribution is 14.0. The zero-order chi connectivity index (χ0) is 16.6. The average molecular weight is 454 g/mol. The van der Waals surface area contributed by atoms with E-state index < -0.39 is 10.0 Å². The van der Waals surface area contributed by atoms with Crippen molar-refractivity contribution in [1.29, 1.82) is 0 Å². The predicted octanol–water partition coefficient (Wildman–Crippen LogP) is 1.84. The monoisotopic (exact) mass is 454 g/mol. The Morgan fingerprint density at radius 1 is 1.22 bits per heavy atom. The van der Waals surface area contributed by atoms with Crippen LogP contribution in [0.25, 0.3) is 0 Å². The SMILES string of the molecule is Cc1ccc(S(=O)(=O)NCCNC(N)=NCCC(C)C)cc1.I. The highest BCUT2D eigenvalue weighted by Crippen LogP contribution is 2.09. The lowest BCUT2D eigenvalue weighted by atomic mass is 10.1. The molecule has 0 spiro atoms. The highest BCUT2D eigenvalue weighted by atomic mass is 127. The van der Waals surface area contributed by atoms with E-state index in [4.69, 9.17) is 5.73 Å². The largest absolute Gasteiger partial charge is 0.370 e. The predicted molar refractivity (Wildman–Crippen MR) is 106 cm³/mol. The molecular weight excluding hydrogens is 427 g/mol. The zero-order valence-corrected chi connectivity index (χ0v) is 17.0. The first kappa shape index (κ1) is 22.1. The lowest BCUT2D eigenvalue weighted by Gasteiger charge is -2.09. The summed E-state index contributed by atoms with van der Waals surface area (Å²) in [4.78, 5) is 4.43. The quantitative estimate of drug-likeness (QED) is 0.242. The van der Waals surface area contributed by atoms with Crippen LogP contribution < -0.4 is 15.8 Å². The lowest BCUT2D eigenvalue weighted by Crippen LogP contribution is -2.38. The molecule has 0 atom stereocenters. The third-order valence-electron chi connectivity index (χ3n) is 3.04. The number of guanidine groups is 1. The van der Waals surface area contributed by atoms with Crippen molar-refractivity contribution in [3.63, 3.8) is 0 Å². The second kappa shape index (κ2) is 10.8. The smallest absolute Gasteiger partial charge is 0.240 e. The molecule has 0 aliphatic carbocycles. The first-order valence-corrected chi connectivity index (χ1v) is 8.89. The Balaban J connectivity index is 0.00000484. The van der Waals surface area contributed by atoms with Gasteiger partial charge in [0.15, 0.2) is 5.96 Å². The fourth-order valence-electron chi connectivity index (χ4n) is 1.68. The average Bonchev–Trinajstić information content (AvgIpc) is 2.44. The standard InChI is InChI=1S/C15H26N4O2S.HI/c1-12(2)8-9-17-15(16)18-10-11-19-22(20,21)14-6-4-13(3)5-7-14;/h4-7,12,19H,8-11H2,1-3H3,(H3,16,17,18);1H. The number of nitrogens with two attached hydrogens (primary N) is 1. The van der Waals surface area contributed by atoms with Crippen LogP contribution in [0.3, 0.4) is 0 Å². The van der Waals surface area contributed by atoms with E-state index in [1.165, 1.54) is 0 Å². The molecule has 0 bridgehead atoms. The van der Waals surface area contributed by atoms with E-state index in [0.29, 0.717) is 25.0 Å². The fourth-order valence-corrected chi connectivity index (χ4v) is 2.71. The fraction of sp³-hybridized carbons (Fsp3) is 0.533. The van der Waals surface area contributed by atoms with Crippen LogP contribution >= 0.6 is 24.0 Å². The third-order valence-corrected chi connectivity index (χ3v) is 4.52. The number of hydrogen-bond acceptors (Lipinski definition) is 3. The molecule has 0 fully saturated rings. The van der Waals surface area contributed by atoms with Gasteiger partial charge in [-0.05, 0) is 31.4 Å². The van der Waals surface area contributed by atoms with E-state index in [9.17, 15) is 8.42 Å². The Hall–Kier alpha value is -0.870. The summed E-state index contributed by atoms with van der Waals surface area (Å²) in [6.45, 7) is 7.47. The summed E-state index contributed by atoms with van der Waals surface area (Å²) in [6, 6.07) is 6.72. The van der Waals surface area contributed by atoms with Crippen LogP contribution in [-0.2, 0) is 10.0 Å². The van der Waals surface area contributed by atoms with Gasteiger partial charge in [0.05, 0.1) is 4.90 Å². The van der Waals surface area contributed by atoms with Crippen molar-refractivity contribution in [1.82, 2.24) is 10.0 Å². The number of hydrogen-bond donors (Lipinski definition) is 3. The maximum atomic E-state index is 12.0. The first-order valence-electron chi connectivity index (χ1n) is 7.41. The van der Waals surface area contributed by atoms with Crippen LogP contribution in [0.5, 0.6) is 0 Å². The highest BCUT2D eigenvalue weighted by Gasteiger charge is 2.12. The van der Waals surface area contributed by atoms with Gasteiger partial charge in [-0.15, -0.1) is 24.0 Å². The number of nitrogens with one attached hydrogen (secondary N) is 2. The lowest BCUT2D eigenvalue weighted by molar-refractivity contribution is 0.580. The van der Waals surface area contributed by atoms with Gasteiger partial charge < -0.3 is 11.1 Å². The zero-order valence-electron chi connectivity index (χ0n) is 13.9. The van der Waals surface area contributed by atoms with E-state index >= 15 is 0 Å². The molecule has 132 valence electrons. The molecule has 1 aromatic rings. The minimum atomic E-state index is -3.47. The number of aryl methyl sites for hydroxylation is 1.